The number of carbonyl (C=O) groups excluding carboxylic acids is 1. The maximum absolute atomic E-state index is 11.3. The van der Waals surface area contributed by atoms with Crippen LogP contribution in [0.25, 0.3) is 0 Å². The second kappa shape index (κ2) is 10.5. The number of benzene rings is 1. The van der Waals surface area contributed by atoms with Crippen molar-refractivity contribution in [2.24, 2.45) is 10.9 Å². The van der Waals surface area contributed by atoms with Crippen molar-refractivity contribution in [2.75, 3.05) is 32.7 Å². The fourth-order valence-electron chi connectivity index (χ4n) is 3.87. The van der Waals surface area contributed by atoms with E-state index in [9.17, 15) is 4.79 Å². The Morgan fingerprint density at radius 3 is 2.61 bits per heavy atom. The lowest BCUT2D eigenvalue weighted by Gasteiger charge is -2.31. The van der Waals surface area contributed by atoms with Crippen LogP contribution in [0.5, 0.6) is 0 Å². The minimum Gasteiger partial charge on any atom is -0.357 e. The molecule has 0 aliphatic carbocycles. The van der Waals surface area contributed by atoms with E-state index in [1.165, 1.54) is 24.0 Å². The van der Waals surface area contributed by atoms with Crippen LogP contribution in [0.15, 0.2) is 29.3 Å². The molecular formula is C22H35N5O. The van der Waals surface area contributed by atoms with E-state index in [1.54, 1.807) is 0 Å². The summed E-state index contributed by atoms with van der Waals surface area (Å²) in [6.45, 7) is 9.96. The van der Waals surface area contributed by atoms with Crippen LogP contribution < -0.4 is 16.0 Å². The molecule has 0 radical (unpaired) electrons. The first-order valence-electron chi connectivity index (χ1n) is 10.7. The number of aryl methyl sites for hydroxylation is 1. The third-order valence-electron chi connectivity index (χ3n) is 5.69. The molecule has 0 aromatic heterocycles. The lowest BCUT2D eigenvalue weighted by molar-refractivity contribution is -0.122. The number of aliphatic imine (C=N–C) groups is 1. The molecule has 2 saturated heterocycles. The average molecular weight is 386 g/mol. The van der Waals surface area contributed by atoms with E-state index >= 15 is 0 Å². The molecule has 6 nitrogen and oxygen atoms in total. The molecule has 6 heteroatoms. The van der Waals surface area contributed by atoms with Gasteiger partial charge in [0.1, 0.15) is 0 Å². The van der Waals surface area contributed by atoms with Crippen molar-refractivity contribution in [3.8, 4) is 0 Å². The molecule has 1 aromatic carbocycles. The maximum Gasteiger partial charge on any atom is 0.220 e. The van der Waals surface area contributed by atoms with E-state index in [0.29, 0.717) is 18.9 Å². The zero-order valence-electron chi connectivity index (χ0n) is 17.3. The molecule has 2 aliphatic rings. The highest BCUT2D eigenvalue weighted by molar-refractivity contribution is 5.81. The van der Waals surface area contributed by atoms with Crippen LogP contribution in [0.1, 0.15) is 43.7 Å². The Morgan fingerprint density at radius 1 is 1.21 bits per heavy atom. The Labute approximate surface area is 169 Å². The highest BCUT2D eigenvalue weighted by Crippen LogP contribution is 2.19. The van der Waals surface area contributed by atoms with Gasteiger partial charge < -0.3 is 16.0 Å². The van der Waals surface area contributed by atoms with Gasteiger partial charge in [-0.1, -0.05) is 29.8 Å². The molecule has 2 aliphatic heterocycles. The Balaban J connectivity index is 1.42. The smallest absolute Gasteiger partial charge is 0.220 e. The van der Waals surface area contributed by atoms with Crippen molar-refractivity contribution in [2.45, 2.75) is 52.1 Å². The molecule has 28 heavy (non-hydrogen) atoms. The topological polar surface area (TPSA) is 68.8 Å². The van der Waals surface area contributed by atoms with Gasteiger partial charge in [0.05, 0.1) is 0 Å². The van der Waals surface area contributed by atoms with Gasteiger partial charge in [0.15, 0.2) is 5.96 Å². The summed E-state index contributed by atoms with van der Waals surface area (Å²) < 4.78 is 0. The fourth-order valence-corrected chi connectivity index (χ4v) is 3.87. The maximum atomic E-state index is 11.3. The number of amides is 1. The van der Waals surface area contributed by atoms with Crippen LogP contribution in [0.4, 0.5) is 0 Å². The number of piperidine rings is 2. The second-order valence-corrected chi connectivity index (χ2v) is 8.11. The van der Waals surface area contributed by atoms with Crippen molar-refractivity contribution in [3.63, 3.8) is 0 Å². The van der Waals surface area contributed by atoms with Crippen LogP contribution in [0.2, 0.25) is 0 Å². The van der Waals surface area contributed by atoms with E-state index in [1.807, 2.05) is 0 Å². The fraction of sp³-hybridized carbons (Fsp3) is 0.636. The van der Waals surface area contributed by atoms with Crippen molar-refractivity contribution in [1.82, 2.24) is 20.9 Å². The first-order valence-corrected chi connectivity index (χ1v) is 10.7. The van der Waals surface area contributed by atoms with E-state index in [0.717, 1.165) is 45.1 Å². The Kier molecular flexibility index (Phi) is 7.71. The average Bonchev–Trinajstić information content (AvgIpc) is 2.71. The highest BCUT2D eigenvalue weighted by Gasteiger charge is 2.21. The molecule has 2 heterocycles. The lowest BCUT2D eigenvalue weighted by Crippen LogP contribution is -2.51. The molecule has 1 atom stereocenters. The number of nitrogens with zero attached hydrogens (tertiary/aromatic N) is 2. The van der Waals surface area contributed by atoms with E-state index < -0.39 is 0 Å². The first-order chi connectivity index (χ1) is 13.6. The molecule has 0 bridgehead atoms. The van der Waals surface area contributed by atoms with Crippen LogP contribution in [-0.2, 0) is 11.3 Å². The largest absolute Gasteiger partial charge is 0.357 e. The normalized spacial score (nSPS) is 22.0. The zero-order chi connectivity index (χ0) is 19.8. The van der Waals surface area contributed by atoms with Crippen molar-refractivity contribution < 1.29 is 4.79 Å². The molecule has 1 aromatic rings. The van der Waals surface area contributed by atoms with Crippen LogP contribution in [0, 0.1) is 12.8 Å². The van der Waals surface area contributed by atoms with Gasteiger partial charge in [-0.3, -0.25) is 14.7 Å². The van der Waals surface area contributed by atoms with Crippen molar-refractivity contribution in [1.29, 1.82) is 0 Å². The van der Waals surface area contributed by atoms with E-state index in [2.05, 4.69) is 59.0 Å². The van der Waals surface area contributed by atoms with Gasteiger partial charge in [-0.25, -0.2) is 0 Å². The summed E-state index contributed by atoms with van der Waals surface area (Å²) in [5.74, 6) is 1.68. The number of rotatable bonds is 6. The number of hydrogen-bond donors (Lipinski definition) is 3. The third kappa shape index (κ3) is 6.51. The monoisotopic (exact) mass is 385 g/mol. The zero-order valence-corrected chi connectivity index (χ0v) is 17.3. The molecule has 0 spiro atoms. The predicted octanol–water partition coefficient (Wildman–Crippen LogP) is 2.04. The Morgan fingerprint density at radius 2 is 1.96 bits per heavy atom. The Bertz CT molecular complexity index is 639. The Hall–Kier alpha value is -2.08. The molecule has 2 fully saturated rings. The van der Waals surface area contributed by atoms with Crippen LogP contribution >= 0.6 is 0 Å². The summed E-state index contributed by atoms with van der Waals surface area (Å²) in [6.07, 6.45) is 3.87. The summed E-state index contributed by atoms with van der Waals surface area (Å²) in [6, 6.07) is 9.15. The quantitative estimate of drug-likeness (QED) is 0.518. The SMILES string of the molecule is CCNC(=NCC1CCN(Cc2ccc(C)cc2)CC1)NC1CCC(=O)NC1. The number of likely N-dealkylation sites (tertiary alicyclic amines) is 1. The van der Waals surface area contributed by atoms with Gasteiger partial charge in [0, 0.05) is 38.6 Å². The minimum atomic E-state index is 0.150. The molecule has 0 saturated carbocycles. The second-order valence-electron chi connectivity index (χ2n) is 8.11. The summed E-state index contributed by atoms with van der Waals surface area (Å²) in [7, 11) is 0. The lowest BCUT2D eigenvalue weighted by atomic mass is 9.96. The van der Waals surface area contributed by atoms with Gasteiger partial charge in [0.25, 0.3) is 0 Å². The van der Waals surface area contributed by atoms with E-state index in [4.69, 9.17) is 4.99 Å². The summed E-state index contributed by atoms with van der Waals surface area (Å²) in [5, 5.41) is 9.74. The number of hydrogen-bond acceptors (Lipinski definition) is 3. The standard InChI is InChI=1S/C22H35N5O/c1-3-23-22(26-20-8-9-21(28)24-15-20)25-14-18-10-12-27(13-11-18)16-19-6-4-17(2)5-7-19/h4-7,18,20H,3,8-16H2,1-2H3,(H,24,28)(H2,23,25,26). The molecule has 3 rings (SSSR count). The summed E-state index contributed by atoms with van der Waals surface area (Å²) in [5.41, 5.74) is 2.72. The van der Waals surface area contributed by atoms with Crippen LogP contribution in [-0.4, -0.2) is 55.5 Å². The van der Waals surface area contributed by atoms with Crippen molar-refractivity contribution in [3.05, 3.63) is 35.4 Å². The number of nitrogens with one attached hydrogen (secondary N) is 3. The van der Waals surface area contributed by atoms with Crippen LogP contribution in [0.3, 0.4) is 0 Å². The van der Waals surface area contributed by atoms with Crippen molar-refractivity contribution >= 4 is 11.9 Å². The van der Waals surface area contributed by atoms with Gasteiger partial charge in [-0.15, -0.1) is 0 Å². The first kappa shape index (κ1) is 20.6. The minimum absolute atomic E-state index is 0.150. The number of carbonyl (C=O) groups is 1. The molecule has 154 valence electrons. The van der Waals surface area contributed by atoms with Gasteiger partial charge in [-0.2, -0.15) is 0 Å². The summed E-state index contributed by atoms with van der Waals surface area (Å²) >= 11 is 0. The highest BCUT2D eigenvalue weighted by atomic mass is 16.1. The summed E-state index contributed by atoms with van der Waals surface area (Å²) in [4.78, 5) is 18.7. The molecule has 1 amide bonds. The molecule has 1 unspecified atom stereocenters. The van der Waals surface area contributed by atoms with E-state index in [-0.39, 0.29) is 11.9 Å². The van der Waals surface area contributed by atoms with Gasteiger partial charge >= 0.3 is 0 Å². The van der Waals surface area contributed by atoms with Gasteiger partial charge in [0.2, 0.25) is 5.91 Å². The number of guanidine groups is 1. The molecule has 3 N–H and O–H groups in total. The predicted molar refractivity (Wildman–Crippen MR) is 114 cm³/mol. The third-order valence-corrected chi connectivity index (χ3v) is 5.69. The molecular weight excluding hydrogens is 350 g/mol. The van der Waals surface area contributed by atoms with Gasteiger partial charge in [-0.05, 0) is 57.7 Å².